The van der Waals surface area contributed by atoms with Crippen LogP contribution < -0.4 is 5.32 Å². The minimum Gasteiger partial charge on any atom is -0.421 e. The molecular weight excluding hydrogens is 304 g/mol. The van der Waals surface area contributed by atoms with Crippen molar-refractivity contribution in [1.29, 1.82) is 0 Å². The molecule has 1 amide bonds. The van der Waals surface area contributed by atoms with Gasteiger partial charge in [-0.25, -0.2) is 0 Å². The van der Waals surface area contributed by atoms with Gasteiger partial charge in [-0.15, -0.1) is 10.2 Å². The van der Waals surface area contributed by atoms with E-state index in [9.17, 15) is 4.79 Å². The Labute approximate surface area is 140 Å². The smallest absolute Gasteiger partial charge is 0.247 e. The second-order valence-corrected chi connectivity index (χ2v) is 5.50. The van der Waals surface area contributed by atoms with Crippen molar-refractivity contribution in [3.63, 3.8) is 0 Å². The summed E-state index contributed by atoms with van der Waals surface area (Å²) in [5.41, 5.74) is 3.06. The standard InChI is InChI=1S/C18H18N4O2/c1-13-2-4-15(5-3-13)18-22-21-17(24-18)7-6-16(23)20-12-14-8-10-19-11-9-14/h2-5,8-11H,6-7,12H2,1H3,(H,20,23). The largest absolute Gasteiger partial charge is 0.421 e. The molecule has 122 valence electrons. The van der Waals surface area contributed by atoms with Gasteiger partial charge in [-0.05, 0) is 36.8 Å². The Kier molecular flexibility index (Phi) is 4.96. The molecule has 0 spiro atoms. The van der Waals surface area contributed by atoms with Gasteiger partial charge in [0.15, 0.2) is 0 Å². The van der Waals surface area contributed by atoms with E-state index in [1.54, 1.807) is 12.4 Å². The molecule has 1 aromatic carbocycles. The number of benzene rings is 1. The van der Waals surface area contributed by atoms with E-state index in [1.165, 1.54) is 5.56 Å². The number of amides is 1. The minimum atomic E-state index is -0.0538. The Morgan fingerprint density at radius 1 is 1.08 bits per heavy atom. The second-order valence-electron chi connectivity index (χ2n) is 5.50. The summed E-state index contributed by atoms with van der Waals surface area (Å²) in [5.74, 6) is 0.883. The van der Waals surface area contributed by atoms with E-state index in [0.29, 0.717) is 31.2 Å². The summed E-state index contributed by atoms with van der Waals surface area (Å²) < 4.78 is 5.61. The summed E-state index contributed by atoms with van der Waals surface area (Å²) in [7, 11) is 0. The van der Waals surface area contributed by atoms with Crippen molar-refractivity contribution < 1.29 is 9.21 Å². The lowest BCUT2D eigenvalue weighted by atomic mass is 10.1. The van der Waals surface area contributed by atoms with E-state index < -0.39 is 0 Å². The predicted molar refractivity (Wildman–Crippen MR) is 88.9 cm³/mol. The van der Waals surface area contributed by atoms with E-state index in [-0.39, 0.29) is 5.91 Å². The van der Waals surface area contributed by atoms with Crippen LogP contribution in [0.15, 0.2) is 53.2 Å². The molecule has 0 radical (unpaired) electrons. The monoisotopic (exact) mass is 322 g/mol. The van der Waals surface area contributed by atoms with Crippen molar-refractivity contribution in [1.82, 2.24) is 20.5 Å². The molecule has 2 aromatic heterocycles. The number of hydrogen-bond acceptors (Lipinski definition) is 5. The van der Waals surface area contributed by atoms with Crippen LogP contribution in [-0.2, 0) is 17.8 Å². The van der Waals surface area contributed by atoms with Gasteiger partial charge < -0.3 is 9.73 Å². The van der Waals surface area contributed by atoms with Gasteiger partial charge in [0.1, 0.15) is 0 Å². The molecule has 3 aromatic rings. The maximum atomic E-state index is 11.9. The molecule has 0 bridgehead atoms. The van der Waals surface area contributed by atoms with Crippen LogP contribution in [0.5, 0.6) is 0 Å². The quantitative estimate of drug-likeness (QED) is 0.754. The van der Waals surface area contributed by atoms with Crippen molar-refractivity contribution in [3.05, 3.63) is 65.8 Å². The minimum absolute atomic E-state index is 0.0538. The third kappa shape index (κ3) is 4.25. The molecule has 0 atom stereocenters. The van der Waals surface area contributed by atoms with Crippen molar-refractivity contribution in [2.45, 2.75) is 26.3 Å². The number of nitrogens with zero attached hydrogens (tertiary/aromatic N) is 3. The second kappa shape index (κ2) is 7.50. The number of hydrogen-bond donors (Lipinski definition) is 1. The van der Waals surface area contributed by atoms with Crippen molar-refractivity contribution in [2.75, 3.05) is 0 Å². The first kappa shape index (κ1) is 15.9. The van der Waals surface area contributed by atoms with Gasteiger partial charge in [0.25, 0.3) is 0 Å². The van der Waals surface area contributed by atoms with Gasteiger partial charge in [0.05, 0.1) is 0 Å². The molecule has 0 fully saturated rings. The first-order valence-corrected chi connectivity index (χ1v) is 7.76. The molecular formula is C18H18N4O2. The summed E-state index contributed by atoms with van der Waals surface area (Å²) in [4.78, 5) is 15.8. The van der Waals surface area contributed by atoms with Crippen LogP contribution in [0.1, 0.15) is 23.4 Å². The Hall–Kier alpha value is -3.02. The molecule has 1 N–H and O–H groups in total. The first-order valence-electron chi connectivity index (χ1n) is 7.76. The van der Waals surface area contributed by atoms with Crippen LogP contribution in [-0.4, -0.2) is 21.1 Å². The van der Waals surface area contributed by atoms with E-state index in [4.69, 9.17) is 4.42 Å². The molecule has 24 heavy (non-hydrogen) atoms. The summed E-state index contributed by atoms with van der Waals surface area (Å²) in [5, 5.41) is 10.9. The lowest BCUT2D eigenvalue weighted by Gasteiger charge is -2.03. The highest BCUT2D eigenvalue weighted by Crippen LogP contribution is 2.18. The van der Waals surface area contributed by atoms with Crippen molar-refractivity contribution in [2.24, 2.45) is 0 Å². The normalized spacial score (nSPS) is 10.5. The average molecular weight is 322 g/mol. The lowest BCUT2D eigenvalue weighted by Crippen LogP contribution is -2.23. The Balaban J connectivity index is 1.50. The van der Waals surface area contributed by atoms with E-state index in [1.807, 2.05) is 43.3 Å². The van der Waals surface area contributed by atoms with Crippen molar-refractivity contribution >= 4 is 5.91 Å². The Bertz CT molecular complexity index is 797. The van der Waals surface area contributed by atoms with Gasteiger partial charge in [0, 0.05) is 37.3 Å². The zero-order valence-corrected chi connectivity index (χ0v) is 13.4. The third-order valence-electron chi connectivity index (χ3n) is 3.57. The van der Waals surface area contributed by atoms with Gasteiger partial charge in [-0.1, -0.05) is 17.7 Å². The average Bonchev–Trinajstić information content (AvgIpc) is 3.09. The SMILES string of the molecule is Cc1ccc(-c2nnc(CCC(=O)NCc3ccncc3)o2)cc1. The van der Waals surface area contributed by atoms with Crippen LogP contribution in [0.3, 0.4) is 0 Å². The summed E-state index contributed by atoms with van der Waals surface area (Å²) >= 11 is 0. The van der Waals surface area contributed by atoms with Crippen LogP contribution in [0.2, 0.25) is 0 Å². The number of aryl methyl sites for hydroxylation is 2. The number of carbonyl (C=O) groups excluding carboxylic acids is 1. The van der Waals surface area contributed by atoms with Crippen molar-refractivity contribution in [3.8, 4) is 11.5 Å². The van der Waals surface area contributed by atoms with Gasteiger partial charge in [0.2, 0.25) is 17.7 Å². The molecule has 0 aliphatic carbocycles. The molecule has 6 heteroatoms. The van der Waals surface area contributed by atoms with Crippen LogP contribution in [0, 0.1) is 6.92 Å². The third-order valence-corrected chi connectivity index (χ3v) is 3.57. The molecule has 6 nitrogen and oxygen atoms in total. The molecule has 0 saturated carbocycles. The van der Waals surface area contributed by atoms with Gasteiger partial charge in [-0.2, -0.15) is 0 Å². The number of pyridine rings is 1. The fraction of sp³-hybridized carbons (Fsp3) is 0.222. The fourth-order valence-corrected chi connectivity index (χ4v) is 2.18. The van der Waals surface area contributed by atoms with Crippen LogP contribution in [0.4, 0.5) is 0 Å². The van der Waals surface area contributed by atoms with Crippen LogP contribution in [0.25, 0.3) is 11.5 Å². The predicted octanol–water partition coefficient (Wildman–Crippen LogP) is 2.69. The number of carbonyl (C=O) groups is 1. The summed E-state index contributed by atoms with van der Waals surface area (Å²) in [6.07, 6.45) is 4.13. The zero-order valence-electron chi connectivity index (χ0n) is 13.4. The maximum absolute atomic E-state index is 11.9. The topological polar surface area (TPSA) is 80.9 Å². The number of nitrogens with one attached hydrogen (secondary N) is 1. The summed E-state index contributed by atoms with van der Waals surface area (Å²) in [6, 6.07) is 11.6. The maximum Gasteiger partial charge on any atom is 0.247 e. The number of aromatic nitrogens is 3. The highest BCUT2D eigenvalue weighted by Gasteiger charge is 2.10. The van der Waals surface area contributed by atoms with Gasteiger partial charge in [-0.3, -0.25) is 9.78 Å². The fourth-order valence-electron chi connectivity index (χ4n) is 2.18. The first-order chi connectivity index (χ1) is 11.7. The lowest BCUT2D eigenvalue weighted by molar-refractivity contribution is -0.121. The number of rotatable bonds is 6. The molecule has 0 aliphatic rings. The van der Waals surface area contributed by atoms with E-state index >= 15 is 0 Å². The molecule has 3 rings (SSSR count). The summed E-state index contributed by atoms with van der Waals surface area (Å²) in [6.45, 7) is 2.51. The Morgan fingerprint density at radius 3 is 2.58 bits per heavy atom. The molecule has 2 heterocycles. The van der Waals surface area contributed by atoms with E-state index in [0.717, 1.165) is 11.1 Å². The highest BCUT2D eigenvalue weighted by atomic mass is 16.4. The molecule has 0 saturated heterocycles. The Morgan fingerprint density at radius 2 is 1.83 bits per heavy atom. The molecule has 0 aliphatic heterocycles. The van der Waals surface area contributed by atoms with E-state index in [2.05, 4.69) is 20.5 Å². The van der Waals surface area contributed by atoms with Crippen LogP contribution >= 0.6 is 0 Å². The highest BCUT2D eigenvalue weighted by molar-refractivity contribution is 5.76. The zero-order chi connectivity index (χ0) is 16.8. The van der Waals surface area contributed by atoms with Gasteiger partial charge >= 0.3 is 0 Å². The molecule has 0 unspecified atom stereocenters.